The molecule has 0 bridgehead atoms. The van der Waals surface area contributed by atoms with Gasteiger partial charge in [-0.1, -0.05) is 228 Å². The van der Waals surface area contributed by atoms with E-state index in [9.17, 15) is 0 Å². The Kier molecular flexibility index (Phi) is 15.5. The van der Waals surface area contributed by atoms with E-state index in [4.69, 9.17) is 0 Å². The quantitative estimate of drug-likeness (QED) is 0.122. The average molecular weight is 1360 g/mol. The first-order chi connectivity index (χ1) is 52.1. The van der Waals surface area contributed by atoms with Crippen LogP contribution in [0.3, 0.4) is 0 Å². The molecule has 0 radical (unpaired) electrons. The van der Waals surface area contributed by atoms with E-state index in [1.807, 2.05) is 30.9 Å². The van der Waals surface area contributed by atoms with E-state index in [1.165, 1.54) is 127 Å². The molecule has 6 heteroatoms. The van der Waals surface area contributed by atoms with Crippen LogP contribution in [-0.2, 0) is 10.8 Å². The van der Waals surface area contributed by atoms with E-state index < -0.39 is 0 Å². The molecule has 4 heterocycles. The molecule has 0 fully saturated rings. The summed E-state index contributed by atoms with van der Waals surface area (Å²) in [4.78, 5) is 13.3. The van der Waals surface area contributed by atoms with Crippen LogP contribution in [0.5, 0.6) is 0 Å². The van der Waals surface area contributed by atoms with Gasteiger partial charge in [-0.15, -0.1) is 0 Å². The van der Waals surface area contributed by atoms with E-state index in [0.29, 0.717) is 0 Å². The number of hydrogen-bond donors (Lipinski definition) is 0. The van der Waals surface area contributed by atoms with E-state index >= 15 is 0 Å². The Morgan fingerprint density at radius 2 is 0.566 bits per heavy atom. The first-order valence-corrected chi connectivity index (χ1v) is 36.6. The Bertz CT molecular complexity index is 5950. The van der Waals surface area contributed by atoms with Crippen LogP contribution in [0, 0.1) is 0 Å². The van der Waals surface area contributed by atoms with Crippen molar-refractivity contribution in [2.24, 2.45) is 0 Å². The topological polar surface area (TPSA) is 42.1 Å². The van der Waals surface area contributed by atoms with Crippen molar-refractivity contribution >= 4 is 77.7 Å². The van der Waals surface area contributed by atoms with Gasteiger partial charge in [-0.2, -0.15) is 0 Å². The fraction of sp³-hybridized carbons (Fsp3) is 0.0600. The van der Waals surface area contributed by atoms with Crippen LogP contribution >= 0.6 is 0 Å². The molecule has 6 nitrogen and oxygen atoms in total. The van der Waals surface area contributed by atoms with Gasteiger partial charge in [-0.25, -0.2) is 0 Å². The SMILES string of the molecule is CC1(C)c2ccccc2-c2ccc(N(c3ccc(-c4cccnc4)cc3)c3ccc(-c4ccc5c(c4)c4ccccc4n5-c4ccccc4)cc3)cc21.CC1(C)c2ccccc2-c2ccc(N(c3ccc(-c4ccncc4)cc3)c3ccc(-c4ccc5c(c4)c4ccccc4n5-c4ccccc4)cc3)cc21. The summed E-state index contributed by atoms with van der Waals surface area (Å²) in [5.74, 6) is 0. The van der Waals surface area contributed by atoms with Gasteiger partial charge >= 0.3 is 0 Å². The summed E-state index contributed by atoms with van der Waals surface area (Å²) in [5, 5.41) is 5.02. The van der Waals surface area contributed by atoms with Crippen LogP contribution in [0.25, 0.3) is 122 Å². The third-order valence-corrected chi connectivity index (χ3v) is 22.2. The Hall–Kier alpha value is -13.4. The highest BCUT2D eigenvalue weighted by molar-refractivity contribution is 6.12. The normalized spacial score (nSPS) is 12.9. The molecule has 18 aromatic rings. The van der Waals surface area contributed by atoms with Crippen LogP contribution in [0.2, 0.25) is 0 Å². The van der Waals surface area contributed by atoms with Crippen molar-refractivity contribution < 1.29 is 0 Å². The highest BCUT2D eigenvalue weighted by atomic mass is 15.1. The zero-order chi connectivity index (χ0) is 71.0. The fourth-order valence-electron chi connectivity index (χ4n) is 16.9. The Labute approximate surface area is 618 Å². The standard InChI is InChI=1S/2C50H37N3/c1-50(2)46-16-8-6-14-42(46)43-28-27-41(32-47(43)50)52(40-25-20-35(21-26-40)37-11-10-30-51-33-37)39-23-18-34(19-24-39)36-22-29-49-45(31-36)44-15-7-9-17-48(44)53(49)38-12-4-3-5-13-38;1-50(2)46-14-8-6-12-42(46)43-26-25-41(33-47(43)50)52(39-21-16-34(17-22-39)36-28-30-51-31-29-36)40-23-18-35(19-24-40)37-20-27-49-45(32-37)44-13-7-9-15-48(44)53(49)38-10-4-3-5-11-38/h2*3-33H,1-2H3. The predicted octanol–water partition coefficient (Wildman–Crippen LogP) is 26.6. The molecule has 0 atom stereocenters. The molecule has 504 valence electrons. The zero-order valence-corrected chi connectivity index (χ0v) is 59.5. The molecule has 106 heavy (non-hydrogen) atoms. The highest BCUT2D eigenvalue weighted by Crippen LogP contribution is 2.53. The van der Waals surface area contributed by atoms with E-state index in [-0.39, 0.29) is 10.8 Å². The second-order valence-corrected chi connectivity index (χ2v) is 29.0. The molecular weight excluding hydrogens is 1290 g/mol. The molecule has 0 unspecified atom stereocenters. The Balaban J connectivity index is 0.000000145. The minimum Gasteiger partial charge on any atom is -0.310 e. The third-order valence-electron chi connectivity index (χ3n) is 22.2. The number of benzene rings is 14. The first kappa shape index (κ1) is 63.5. The van der Waals surface area contributed by atoms with Gasteiger partial charge in [0.1, 0.15) is 0 Å². The summed E-state index contributed by atoms with van der Waals surface area (Å²) >= 11 is 0. The van der Waals surface area contributed by atoms with Crippen LogP contribution < -0.4 is 9.80 Å². The van der Waals surface area contributed by atoms with Gasteiger partial charge in [0, 0.05) is 103 Å². The Morgan fingerprint density at radius 1 is 0.226 bits per heavy atom. The number of fused-ring (bicyclic) bond motifs is 12. The number of hydrogen-bond acceptors (Lipinski definition) is 4. The molecule has 4 aromatic heterocycles. The maximum Gasteiger partial charge on any atom is 0.0541 e. The summed E-state index contributed by atoms with van der Waals surface area (Å²) in [5.41, 5.74) is 33.8. The Morgan fingerprint density at radius 3 is 0.991 bits per heavy atom. The predicted molar refractivity (Wildman–Crippen MR) is 443 cm³/mol. The number of rotatable bonds is 12. The molecule has 14 aromatic carbocycles. The lowest BCUT2D eigenvalue weighted by Crippen LogP contribution is -2.16. The number of para-hydroxylation sites is 4. The van der Waals surface area contributed by atoms with Gasteiger partial charge in [-0.05, 0) is 241 Å². The lowest BCUT2D eigenvalue weighted by molar-refractivity contribution is 0.660. The van der Waals surface area contributed by atoms with Crippen LogP contribution in [0.15, 0.2) is 377 Å². The maximum atomic E-state index is 4.35. The van der Waals surface area contributed by atoms with E-state index in [2.05, 4.69) is 402 Å². The van der Waals surface area contributed by atoms with E-state index in [1.54, 1.807) is 0 Å². The maximum absolute atomic E-state index is 4.35. The molecule has 0 N–H and O–H groups in total. The smallest absolute Gasteiger partial charge is 0.0541 e. The van der Waals surface area contributed by atoms with Gasteiger partial charge in [0.25, 0.3) is 0 Å². The average Bonchev–Trinajstić information content (AvgIpc) is 1.60. The van der Waals surface area contributed by atoms with Crippen molar-refractivity contribution in [2.75, 3.05) is 9.80 Å². The first-order valence-electron chi connectivity index (χ1n) is 36.6. The van der Waals surface area contributed by atoms with Crippen molar-refractivity contribution in [2.45, 2.75) is 38.5 Å². The van der Waals surface area contributed by atoms with Gasteiger partial charge < -0.3 is 18.9 Å². The molecule has 2 aliphatic rings. The van der Waals surface area contributed by atoms with Gasteiger partial charge in [0.05, 0.1) is 22.1 Å². The monoisotopic (exact) mass is 1360 g/mol. The molecular formula is C100H74N6. The van der Waals surface area contributed by atoms with Crippen molar-refractivity contribution in [3.63, 3.8) is 0 Å². The minimum absolute atomic E-state index is 0.0923. The third kappa shape index (κ3) is 10.9. The molecule has 0 saturated carbocycles. The van der Waals surface area contributed by atoms with Crippen LogP contribution in [0.4, 0.5) is 34.1 Å². The molecule has 0 aliphatic heterocycles. The van der Waals surface area contributed by atoms with Crippen molar-refractivity contribution in [3.05, 3.63) is 399 Å². The minimum atomic E-state index is -0.0933. The van der Waals surface area contributed by atoms with Crippen LogP contribution in [0.1, 0.15) is 49.9 Å². The summed E-state index contributed by atoms with van der Waals surface area (Å²) in [6, 6.07) is 128. The second-order valence-electron chi connectivity index (χ2n) is 29.0. The number of nitrogens with zero attached hydrogens (tertiary/aromatic N) is 6. The summed E-state index contributed by atoms with van der Waals surface area (Å²) < 4.78 is 4.73. The molecule has 2 aliphatic carbocycles. The summed E-state index contributed by atoms with van der Waals surface area (Å²) in [6.07, 6.45) is 7.43. The summed E-state index contributed by atoms with van der Waals surface area (Å²) in [7, 11) is 0. The lowest BCUT2D eigenvalue weighted by Gasteiger charge is -2.28. The molecule has 0 amide bonds. The summed E-state index contributed by atoms with van der Waals surface area (Å²) in [6.45, 7) is 9.38. The van der Waals surface area contributed by atoms with Crippen molar-refractivity contribution in [3.8, 4) is 78.1 Å². The van der Waals surface area contributed by atoms with Crippen molar-refractivity contribution in [1.29, 1.82) is 0 Å². The number of aromatic nitrogens is 4. The fourth-order valence-corrected chi connectivity index (χ4v) is 16.9. The van der Waals surface area contributed by atoms with Crippen molar-refractivity contribution in [1.82, 2.24) is 19.1 Å². The molecule has 0 saturated heterocycles. The zero-order valence-electron chi connectivity index (χ0n) is 59.5. The van der Waals surface area contributed by atoms with Gasteiger partial charge in [-0.3, -0.25) is 9.97 Å². The molecule has 0 spiro atoms. The largest absolute Gasteiger partial charge is 0.310 e. The number of anilines is 6. The van der Waals surface area contributed by atoms with Gasteiger partial charge in [0.15, 0.2) is 0 Å². The van der Waals surface area contributed by atoms with Gasteiger partial charge in [0.2, 0.25) is 0 Å². The van der Waals surface area contributed by atoms with Crippen LogP contribution in [-0.4, -0.2) is 19.1 Å². The number of pyridine rings is 2. The lowest BCUT2D eigenvalue weighted by atomic mass is 9.82. The second kappa shape index (κ2) is 25.8. The highest BCUT2D eigenvalue weighted by Gasteiger charge is 2.37. The molecule has 20 rings (SSSR count). The van der Waals surface area contributed by atoms with E-state index in [0.717, 1.165) is 50.8 Å².